The molecule has 6 heterocycles. The molecule has 0 radical (unpaired) electrons. The lowest BCUT2D eigenvalue weighted by molar-refractivity contribution is -0.116. The number of azo groups is 2. The van der Waals surface area contributed by atoms with Crippen molar-refractivity contribution in [3.8, 4) is 62.4 Å². The number of hydrazone groups is 1. The molecule has 7 N–H and O–H groups in total. The van der Waals surface area contributed by atoms with Gasteiger partial charge in [-0.1, -0.05) is 36.4 Å². The highest BCUT2D eigenvalue weighted by Crippen LogP contribution is 2.45. The Bertz CT molecular complexity index is 5590. The first kappa shape index (κ1) is 82.6. The number of anilines is 2. The lowest BCUT2D eigenvalue weighted by Crippen LogP contribution is -2.19. The second kappa shape index (κ2) is 34.7. The summed E-state index contributed by atoms with van der Waals surface area (Å²) in [5.41, 5.74) is 28.4. The number of esters is 3. The molecular weight excluding hydrogens is 1510 g/mol. The van der Waals surface area contributed by atoms with Gasteiger partial charge < -0.3 is 49.0 Å². The van der Waals surface area contributed by atoms with Crippen molar-refractivity contribution in [3.63, 3.8) is 0 Å². The van der Waals surface area contributed by atoms with Gasteiger partial charge in [0.1, 0.15) is 17.1 Å². The number of halogens is 1. The molecule has 5 aromatic heterocycles. The largest absolute Gasteiger partial charge is 0.505 e. The van der Waals surface area contributed by atoms with E-state index in [0.717, 1.165) is 96.1 Å². The molecule has 0 spiro atoms. The SMILES string of the molecule is Br.CC1=NN(c2ccc3c(c2)CCC3)C(=O)C1.CCOC(=O)c1c(C)c(-c2cccc(N)c2O)n(C)c1C.CCOC(=O)c1c(C)c(-c2cccc(N=Nc3c(C)[nH]n(-c4ccc5c(c4)CCC5)c3=O)c2O)n(C)c1C.CCOC(=O)c1c(C)c(-c2cccc(N=Nc3c(C)[nH]n(-c4ccc5c(c4)CCC5)c3=O)c2O)n(C)c1C. The van der Waals surface area contributed by atoms with Gasteiger partial charge in [-0.25, -0.2) is 28.8 Å². The van der Waals surface area contributed by atoms with Crippen LogP contribution in [0.15, 0.2) is 144 Å². The van der Waals surface area contributed by atoms with E-state index in [1.807, 2.05) is 114 Å². The number of fused-ring (bicyclic) bond motifs is 3. The number of carbonyl (C=O) groups excluding carboxylic acids is 4. The zero-order valence-electron chi connectivity index (χ0n) is 67.0. The number of aromatic amines is 2. The van der Waals surface area contributed by atoms with E-state index in [2.05, 4.69) is 60.0 Å². The van der Waals surface area contributed by atoms with Crippen LogP contribution >= 0.6 is 17.0 Å². The van der Waals surface area contributed by atoms with E-state index in [0.29, 0.717) is 86.0 Å². The molecule has 594 valence electrons. The van der Waals surface area contributed by atoms with Gasteiger partial charge in [-0.2, -0.15) is 5.10 Å². The van der Waals surface area contributed by atoms with Crippen LogP contribution in [0.5, 0.6) is 17.2 Å². The van der Waals surface area contributed by atoms with Crippen LogP contribution < -0.4 is 21.9 Å². The maximum absolute atomic E-state index is 13.2. The zero-order valence-corrected chi connectivity index (χ0v) is 68.7. The van der Waals surface area contributed by atoms with Crippen LogP contribution in [0, 0.1) is 55.4 Å². The van der Waals surface area contributed by atoms with Crippen LogP contribution in [0.1, 0.15) is 163 Å². The average molecular weight is 1610 g/mol. The lowest BCUT2D eigenvalue weighted by Gasteiger charge is -2.13. The van der Waals surface area contributed by atoms with Gasteiger partial charge in [0.15, 0.2) is 22.9 Å². The Kier molecular flexibility index (Phi) is 25.1. The number of hydrogen-bond acceptors (Lipinski definition) is 18. The number of nitrogens with zero attached hydrogens (tertiary/aromatic N) is 11. The molecule has 11 aromatic rings. The van der Waals surface area contributed by atoms with Crippen molar-refractivity contribution < 1.29 is 48.7 Å². The summed E-state index contributed by atoms with van der Waals surface area (Å²) in [6, 6.07) is 33.8. The summed E-state index contributed by atoms with van der Waals surface area (Å²) in [6.45, 7) is 22.6. The third-order valence-electron chi connectivity index (χ3n) is 21.6. The first-order valence-electron chi connectivity index (χ1n) is 38.0. The molecule has 0 bridgehead atoms. The maximum Gasteiger partial charge on any atom is 0.340 e. The quantitative estimate of drug-likeness (QED) is 0.0172. The predicted octanol–water partition coefficient (Wildman–Crippen LogP) is 17.4. The molecule has 0 saturated heterocycles. The maximum atomic E-state index is 13.2. The van der Waals surface area contributed by atoms with E-state index in [1.165, 1.54) is 60.6 Å². The fraction of sp³-hybridized carbons (Fsp3) is 0.322. The van der Waals surface area contributed by atoms with E-state index < -0.39 is 11.9 Å². The molecule has 15 rings (SSSR count). The Morgan fingerprint density at radius 1 is 0.456 bits per heavy atom. The molecule has 0 fully saturated rings. The van der Waals surface area contributed by atoms with E-state index in [-0.39, 0.29) is 93.2 Å². The topological polar surface area (TPSA) is 338 Å². The number of H-pyrrole nitrogens is 2. The summed E-state index contributed by atoms with van der Waals surface area (Å²) in [7, 11) is 5.51. The van der Waals surface area contributed by atoms with Crippen LogP contribution in [0.2, 0.25) is 0 Å². The van der Waals surface area contributed by atoms with Crippen molar-refractivity contribution >= 4 is 80.6 Å². The minimum Gasteiger partial charge on any atom is -0.505 e. The lowest BCUT2D eigenvalue weighted by atomic mass is 10.0. The zero-order chi connectivity index (χ0) is 81.1. The highest BCUT2D eigenvalue weighted by molar-refractivity contribution is 8.93. The fourth-order valence-corrected chi connectivity index (χ4v) is 15.7. The predicted molar refractivity (Wildman–Crippen MR) is 447 cm³/mol. The monoisotopic (exact) mass is 1610 g/mol. The first-order valence-corrected chi connectivity index (χ1v) is 38.0. The second-order valence-electron chi connectivity index (χ2n) is 28.7. The number of nitrogens with two attached hydrogens (primary N) is 1. The number of benzene rings is 6. The standard InChI is InChI=1S/2C29H31N5O4.C16H20N2O3.C13H14N2O.BrH/c2*1-6-38-29(37)24-16(2)26(33(5)18(24)4)22-11-8-12-23(27(22)35)30-31-25-17(3)32-34(28(25)36)21-14-13-19-9-7-10-20(19)15-21;1-5-21-16(20)13-9(2)14(18(4)10(13)3)11-7-6-8-12(17)15(11)19;1-9-7-13(16)15(14-9)12-6-5-10-3-2-4-11(10)8-12;/h2*8,11-15,32,35H,6-7,9-10H2,1-5H3;6-8,19H,5,17H2,1-4H3;5-6,8H,2-4,7H2,1H3;1H. The van der Waals surface area contributed by atoms with E-state index in [1.54, 1.807) is 89.2 Å². The Labute approximate surface area is 671 Å². The number of phenolic OH excluding ortho intramolecular Hbond substituents is 3. The Morgan fingerprint density at radius 3 is 1.14 bits per heavy atom. The van der Waals surface area contributed by atoms with E-state index in [9.17, 15) is 44.1 Å². The van der Waals surface area contributed by atoms with Crippen LogP contribution in [0.4, 0.5) is 34.1 Å². The number of nitrogen functional groups attached to an aromatic ring is 1. The van der Waals surface area contributed by atoms with Crippen LogP contribution in [0.3, 0.4) is 0 Å². The minimum absolute atomic E-state index is 0. The van der Waals surface area contributed by atoms with Crippen molar-refractivity contribution in [3.05, 3.63) is 225 Å². The van der Waals surface area contributed by atoms with Crippen molar-refractivity contribution in [1.29, 1.82) is 0 Å². The number of ether oxygens (including phenoxy) is 3. The highest BCUT2D eigenvalue weighted by atomic mass is 79.9. The highest BCUT2D eigenvalue weighted by Gasteiger charge is 2.30. The third-order valence-corrected chi connectivity index (χ3v) is 21.6. The van der Waals surface area contributed by atoms with Crippen molar-refractivity contribution in [2.45, 2.75) is 147 Å². The number of rotatable bonds is 16. The number of carbonyl (C=O) groups is 4. The molecule has 26 nitrogen and oxygen atoms in total. The normalized spacial score (nSPS) is 13.2. The number of phenols is 3. The molecule has 27 heteroatoms. The number of aromatic hydroxyl groups is 3. The molecule has 1 amide bonds. The Hall–Kier alpha value is -12.4. The molecule has 0 atom stereocenters. The van der Waals surface area contributed by atoms with Gasteiger partial charge in [-0.3, -0.25) is 24.6 Å². The van der Waals surface area contributed by atoms with Crippen LogP contribution in [0.25, 0.3) is 45.1 Å². The summed E-state index contributed by atoms with van der Waals surface area (Å²) in [6.07, 6.45) is 10.4. The van der Waals surface area contributed by atoms with Gasteiger partial charge in [0.2, 0.25) is 0 Å². The molecule has 114 heavy (non-hydrogen) atoms. The summed E-state index contributed by atoms with van der Waals surface area (Å²) in [5, 5.41) is 61.4. The molecular formula is C87H97BrN14O12. The van der Waals surface area contributed by atoms with Gasteiger partial charge in [0.25, 0.3) is 17.0 Å². The van der Waals surface area contributed by atoms with Gasteiger partial charge in [-0.15, -0.1) is 37.4 Å². The summed E-state index contributed by atoms with van der Waals surface area (Å²) < 4.78 is 24.1. The van der Waals surface area contributed by atoms with Gasteiger partial charge in [0, 0.05) is 60.6 Å². The minimum atomic E-state index is -0.401. The number of aryl methyl sites for hydroxylation is 8. The number of para-hydroxylation sites is 3. The Balaban J connectivity index is 0.000000158. The number of amides is 1. The summed E-state index contributed by atoms with van der Waals surface area (Å²) >= 11 is 0. The molecule has 3 aliphatic carbocycles. The van der Waals surface area contributed by atoms with Crippen molar-refractivity contribution in [2.75, 3.05) is 30.6 Å². The first-order chi connectivity index (χ1) is 54.1. The van der Waals surface area contributed by atoms with Crippen molar-refractivity contribution in [1.82, 2.24) is 33.3 Å². The second-order valence-corrected chi connectivity index (χ2v) is 28.7. The summed E-state index contributed by atoms with van der Waals surface area (Å²) in [4.78, 5) is 75.3. The Morgan fingerprint density at radius 2 is 0.789 bits per heavy atom. The van der Waals surface area contributed by atoms with Crippen molar-refractivity contribution in [2.24, 2.45) is 46.7 Å². The van der Waals surface area contributed by atoms with E-state index >= 15 is 0 Å². The van der Waals surface area contributed by atoms with Gasteiger partial charge in [0.05, 0.1) is 94.2 Å². The number of aromatic nitrogens is 7. The fourth-order valence-electron chi connectivity index (χ4n) is 15.7. The molecule has 1 aliphatic heterocycles. The van der Waals surface area contributed by atoms with Gasteiger partial charge >= 0.3 is 17.9 Å². The third kappa shape index (κ3) is 16.1. The molecule has 0 saturated carbocycles. The number of hydrogen-bond donors (Lipinski definition) is 6. The van der Waals surface area contributed by atoms with E-state index in [4.69, 9.17) is 19.9 Å². The van der Waals surface area contributed by atoms with Gasteiger partial charge in [-0.05, 0) is 264 Å². The van der Waals surface area contributed by atoms with Crippen LogP contribution in [-0.4, -0.2) is 97.9 Å². The molecule has 4 aliphatic rings. The summed E-state index contributed by atoms with van der Waals surface area (Å²) in [5.74, 6) is -1.24. The molecule has 6 aromatic carbocycles. The molecule has 0 unspecified atom stereocenters. The average Bonchev–Trinajstić information content (AvgIpc) is 1.61. The smallest absolute Gasteiger partial charge is 0.340 e. The number of nitrogens with one attached hydrogen (secondary N) is 2. The van der Waals surface area contributed by atoms with Crippen LogP contribution in [-0.2, 0) is 78.7 Å².